The minimum absolute atomic E-state index is 0.0297. The highest BCUT2D eigenvalue weighted by Crippen LogP contribution is 2.27. The van der Waals surface area contributed by atoms with Gasteiger partial charge >= 0.3 is 0 Å². The first kappa shape index (κ1) is 14.1. The normalized spacial score (nSPS) is 10.3. The van der Waals surface area contributed by atoms with E-state index in [1.807, 2.05) is 24.3 Å². The van der Waals surface area contributed by atoms with Crippen molar-refractivity contribution in [1.82, 2.24) is 0 Å². The van der Waals surface area contributed by atoms with Gasteiger partial charge in [0.15, 0.2) is 5.78 Å². The van der Waals surface area contributed by atoms with Crippen molar-refractivity contribution in [3.8, 4) is 5.75 Å². The van der Waals surface area contributed by atoms with Crippen molar-refractivity contribution in [3.05, 3.63) is 63.1 Å². The summed E-state index contributed by atoms with van der Waals surface area (Å²) in [4.78, 5) is 11.2. The van der Waals surface area contributed by atoms with E-state index in [9.17, 15) is 4.79 Å². The Kier molecular flexibility index (Phi) is 4.61. The van der Waals surface area contributed by atoms with Crippen molar-refractivity contribution in [1.29, 1.82) is 0 Å². The van der Waals surface area contributed by atoms with Crippen molar-refractivity contribution < 1.29 is 9.53 Å². The Morgan fingerprint density at radius 3 is 2.68 bits per heavy atom. The lowest BCUT2D eigenvalue weighted by molar-refractivity contribution is 0.101. The molecule has 0 spiro atoms. The zero-order valence-electron chi connectivity index (χ0n) is 10.3. The number of benzene rings is 2. The third-order valence-electron chi connectivity index (χ3n) is 2.62. The highest BCUT2D eigenvalue weighted by atomic mass is 79.9. The van der Waals surface area contributed by atoms with Crippen LogP contribution in [0.2, 0.25) is 5.02 Å². The second kappa shape index (κ2) is 6.22. The molecule has 0 bridgehead atoms. The molecule has 0 N–H and O–H groups in total. The van der Waals surface area contributed by atoms with Gasteiger partial charge in [0.25, 0.3) is 0 Å². The fourth-order valence-corrected chi connectivity index (χ4v) is 2.33. The molecule has 0 aliphatic heterocycles. The summed E-state index contributed by atoms with van der Waals surface area (Å²) in [7, 11) is 0. The van der Waals surface area contributed by atoms with Gasteiger partial charge in [0.05, 0.1) is 4.47 Å². The summed E-state index contributed by atoms with van der Waals surface area (Å²) in [6.07, 6.45) is 0. The van der Waals surface area contributed by atoms with Gasteiger partial charge in [-0.25, -0.2) is 0 Å². The lowest BCUT2D eigenvalue weighted by Gasteiger charge is -2.09. The Morgan fingerprint density at radius 1 is 1.26 bits per heavy atom. The maximum atomic E-state index is 11.2. The van der Waals surface area contributed by atoms with Gasteiger partial charge in [0.2, 0.25) is 0 Å². The fourth-order valence-electron chi connectivity index (χ4n) is 1.62. The molecule has 2 nitrogen and oxygen atoms in total. The maximum Gasteiger partial charge on any atom is 0.159 e. The molecule has 2 aromatic rings. The standard InChI is InChI=1S/C15H12BrClO2/c1-10(18)12-5-6-15(14(16)8-12)19-9-11-3-2-4-13(17)7-11/h2-8H,9H2,1H3. The molecule has 0 radical (unpaired) electrons. The maximum absolute atomic E-state index is 11.2. The van der Waals surface area contributed by atoms with E-state index in [2.05, 4.69) is 15.9 Å². The van der Waals surface area contributed by atoms with Crippen LogP contribution >= 0.6 is 27.5 Å². The monoisotopic (exact) mass is 338 g/mol. The number of Topliss-reactive ketones (excluding diaryl/α,β-unsaturated/α-hetero) is 1. The first-order chi connectivity index (χ1) is 9.06. The molecule has 0 aliphatic carbocycles. The molecule has 0 heterocycles. The lowest BCUT2D eigenvalue weighted by Crippen LogP contribution is -1.98. The lowest BCUT2D eigenvalue weighted by atomic mass is 10.1. The number of hydrogen-bond acceptors (Lipinski definition) is 2. The first-order valence-electron chi connectivity index (χ1n) is 5.74. The Hall–Kier alpha value is -1.32. The zero-order valence-corrected chi connectivity index (χ0v) is 12.7. The van der Waals surface area contributed by atoms with Gasteiger partial charge in [-0.3, -0.25) is 4.79 Å². The second-order valence-corrected chi connectivity index (χ2v) is 5.41. The highest BCUT2D eigenvalue weighted by Gasteiger charge is 2.06. The molecule has 0 saturated heterocycles. The summed E-state index contributed by atoms with van der Waals surface area (Å²) < 4.78 is 6.46. The van der Waals surface area contributed by atoms with E-state index in [4.69, 9.17) is 16.3 Å². The van der Waals surface area contributed by atoms with E-state index >= 15 is 0 Å². The van der Waals surface area contributed by atoms with Gasteiger partial charge < -0.3 is 4.74 Å². The van der Waals surface area contributed by atoms with E-state index in [1.165, 1.54) is 6.92 Å². The van der Waals surface area contributed by atoms with Crippen molar-refractivity contribution in [2.24, 2.45) is 0 Å². The summed E-state index contributed by atoms with van der Waals surface area (Å²) in [5.74, 6) is 0.729. The molecule has 0 atom stereocenters. The van der Waals surface area contributed by atoms with Gasteiger partial charge in [-0.15, -0.1) is 0 Å². The van der Waals surface area contributed by atoms with Crippen LogP contribution < -0.4 is 4.74 Å². The number of carbonyl (C=O) groups is 1. The molecule has 4 heteroatoms. The average molecular weight is 340 g/mol. The molecule has 0 aromatic heterocycles. The molecule has 0 fully saturated rings. The van der Waals surface area contributed by atoms with E-state index < -0.39 is 0 Å². The van der Waals surface area contributed by atoms with E-state index in [1.54, 1.807) is 18.2 Å². The predicted octanol–water partition coefficient (Wildman–Crippen LogP) is 4.88. The van der Waals surface area contributed by atoms with Crippen molar-refractivity contribution in [3.63, 3.8) is 0 Å². The fraction of sp³-hybridized carbons (Fsp3) is 0.133. The zero-order chi connectivity index (χ0) is 13.8. The summed E-state index contributed by atoms with van der Waals surface area (Å²) in [5, 5.41) is 0.687. The van der Waals surface area contributed by atoms with Crippen LogP contribution in [0, 0.1) is 0 Å². The number of hydrogen-bond donors (Lipinski definition) is 0. The highest BCUT2D eigenvalue weighted by molar-refractivity contribution is 9.10. The number of carbonyl (C=O) groups excluding carboxylic acids is 1. The number of ether oxygens (including phenoxy) is 1. The Balaban J connectivity index is 2.10. The van der Waals surface area contributed by atoms with Crippen LogP contribution in [0.4, 0.5) is 0 Å². The van der Waals surface area contributed by atoms with Crippen LogP contribution in [0.5, 0.6) is 5.75 Å². The minimum atomic E-state index is 0.0297. The van der Waals surface area contributed by atoms with Crippen LogP contribution in [-0.4, -0.2) is 5.78 Å². The van der Waals surface area contributed by atoms with Gasteiger partial charge in [0.1, 0.15) is 12.4 Å². The largest absolute Gasteiger partial charge is 0.488 e. The molecule has 0 unspecified atom stereocenters. The van der Waals surface area contributed by atoms with Crippen LogP contribution in [0.25, 0.3) is 0 Å². The van der Waals surface area contributed by atoms with E-state index in [-0.39, 0.29) is 5.78 Å². The summed E-state index contributed by atoms with van der Waals surface area (Å²) >= 11 is 9.31. The van der Waals surface area contributed by atoms with Crippen LogP contribution in [0.15, 0.2) is 46.9 Å². The van der Waals surface area contributed by atoms with Gasteiger partial charge in [0, 0.05) is 10.6 Å². The van der Waals surface area contributed by atoms with Gasteiger partial charge in [-0.05, 0) is 58.7 Å². The van der Waals surface area contributed by atoms with Crippen molar-refractivity contribution in [2.75, 3.05) is 0 Å². The molecule has 0 saturated carbocycles. The van der Waals surface area contributed by atoms with Crippen molar-refractivity contribution in [2.45, 2.75) is 13.5 Å². The third-order valence-corrected chi connectivity index (χ3v) is 3.48. The Bertz CT molecular complexity index is 611. The molecule has 98 valence electrons. The SMILES string of the molecule is CC(=O)c1ccc(OCc2cccc(Cl)c2)c(Br)c1. The predicted molar refractivity (Wildman–Crippen MR) is 79.9 cm³/mol. The quantitative estimate of drug-likeness (QED) is 0.742. The van der Waals surface area contributed by atoms with Crippen LogP contribution in [0.1, 0.15) is 22.8 Å². The number of ketones is 1. The number of rotatable bonds is 4. The minimum Gasteiger partial charge on any atom is -0.488 e. The van der Waals surface area contributed by atoms with E-state index in [0.717, 1.165) is 10.0 Å². The average Bonchev–Trinajstić information content (AvgIpc) is 2.37. The van der Waals surface area contributed by atoms with Gasteiger partial charge in [-0.1, -0.05) is 23.7 Å². The molecule has 2 rings (SSSR count). The smallest absolute Gasteiger partial charge is 0.159 e. The molecule has 19 heavy (non-hydrogen) atoms. The van der Waals surface area contributed by atoms with Crippen molar-refractivity contribution >= 4 is 33.3 Å². The second-order valence-electron chi connectivity index (χ2n) is 4.12. The summed E-state index contributed by atoms with van der Waals surface area (Å²) in [6.45, 7) is 1.97. The molecule has 0 aliphatic rings. The molecular formula is C15H12BrClO2. The van der Waals surface area contributed by atoms with Crippen LogP contribution in [-0.2, 0) is 6.61 Å². The molecular weight excluding hydrogens is 328 g/mol. The Morgan fingerprint density at radius 2 is 2.05 bits per heavy atom. The summed E-state index contributed by atoms with van der Waals surface area (Å²) in [5.41, 5.74) is 1.65. The van der Waals surface area contributed by atoms with Gasteiger partial charge in [-0.2, -0.15) is 0 Å². The van der Waals surface area contributed by atoms with E-state index in [0.29, 0.717) is 22.9 Å². The third kappa shape index (κ3) is 3.82. The van der Waals surface area contributed by atoms with Crippen LogP contribution in [0.3, 0.4) is 0 Å². The first-order valence-corrected chi connectivity index (χ1v) is 6.91. The molecule has 2 aromatic carbocycles. The number of halogens is 2. The Labute approximate surface area is 125 Å². The molecule has 0 amide bonds. The summed E-state index contributed by atoms with van der Waals surface area (Å²) in [6, 6.07) is 12.8. The topological polar surface area (TPSA) is 26.3 Å².